The molecule has 0 spiro atoms. The van der Waals surface area contributed by atoms with Crippen LogP contribution in [0.3, 0.4) is 0 Å². The maximum absolute atomic E-state index is 12.6. The number of para-hydroxylation sites is 1. The lowest BCUT2D eigenvalue weighted by Crippen LogP contribution is -2.13. The van der Waals surface area contributed by atoms with Gasteiger partial charge >= 0.3 is 0 Å². The summed E-state index contributed by atoms with van der Waals surface area (Å²) in [7, 11) is -2.31. The van der Waals surface area contributed by atoms with Gasteiger partial charge in [0.05, 0.1) is 22.7 Å². The van der Waals surface area contributed by atoms with Crippen LogP contribution in [0, 0.1) is 0 Å². The Morgan fingerprint density at radius 2 is 1.71 bits per heavy atom. The Hall–Kier alpha value is -3.00. The lowest BCUT2D eigenvalue weighted by atomic mass is 10.2. The lowest BCUT2D eigenvalue weighted by Gasteiger charge is -2.10. The molecule has 0 atom stereocenters. The SMILES string of the molecule is COc1ccccc1/C=C/C(=O)Nc1ccc(S(=O)(=O)Nc2ccc(Cl)cc2Cl)cc1. The summed E-state index contributed by atoms with van der Waals surface area (Å²) in [6, 6.07) is 17.5. The number of methoxy groups -OCH3 is 1. The Morgan fingerprint density at radius 3 is 2.39 bits per heavy atom. The average Bonchev–Trinajstić information content (AvgIpc) is 2.75. The van der Waals surface area contributed by atoms with Crippen LogP contribution in [0.5, 0.6) is 5.75 Å². The molecule has 0 unspecified atom stereocenters. The van der Waals surface area contributed by atoms with Crippen molar-refractivity contribution in [2.45, 2.75) is 4.90 Å². The second-order valence-corrected chi connectivity index (χ2v) is 8.84. The molecule has 0 aromatic heterocycles. The number of rotatable bonds is 7. The van der Waals surface area contributed by atoms with Gasteiger partial charge < -0.3 is 10.1 Å². The maximum atomic E-state index is 12.6. The molecule has 0 aliphatic carbocycles. The minimum atomic E-state index is -3.87. The van der Waals surface area contributed by atoms with E-state index in [0.29, 0.717) is 16.5 Å². The zero-order chi connectivity index (χ0) is 22.4. The van der Waals surface area contributed by atoms with Crippen molar-refractivity contribution < 1.29 is 17.9 Å². The Labute approximate surface area is 190 Å². The topological polar surface area (TPSA) is 84.5 Å². The molecule has 31 heavy (non-hydrogen) atoms. The van der Waals surface area contributed by atoms with Crippen LogP contribution in [-0.2, 0) is 14.8 Å². The molecule has 0 radical (unpaired) electrons. The molecule has 0 aliphatic rings. The standard InChI is InChI=1S/C22H18Cl2N2O4S/c1-30-21-5-3-2-4-15(21)6-13-22(27)25-17-8-10-18(11-9-17)31(28,29)26-20-12-7-16(23)14-19(20)24/h2-14,26H,1H3,(H,25,27)/b13-6+. The molecule has 3 aromatic rings. The van der Waals surface area contributed by atoms with Gasteiger partial charge in [-0.15, -0.1) is 0 Å². The third kappa shape index (κ3) is 6.01. The summed E-state index contributed by atoms with van der Waals surface area (Å²) < 4.78 is 32.8. The van der Waals surface area contributed by atoms with Gasteiger partial charge in [0.2, 0.25) is 5.91 Å². The summed E-state index contributed by atoms with van der Waals surface area (Å²) in [4.78, 5) is 12.2. The van der Waals surface area contributed by atoms with Crippen molar-refractivity contribution in [2.75, 3.05) is 17.1 Å². The molecule has 1 amide bonds. The van der Waals surface area contributed by atoms with Gasteiger partial charge in [-0.05, 0) is 54.6 Å². The molecule has 0 heterocycles. The number of hydrogen-bond donors (Lipinski definition) is 2. The van der Waals surface area contributed by atoms with Crippen LogP contribution in [0.15, 0.2) is 77.7 Å². The zero-order valence-electron chi connectivity index (χ0n) is 16.3. The van der Waals surface area contributed by atoms with Gasteiger partial charge in [0, 0.05) is 22.3 Å². The van der Waals surface area contributed by atoms with Crippen LogP contribution in [0.2, 0.25) is 10.0 Å². The molecule has 6 nitrogen and oxygen atoms in total. The smallest absolute Gasteiger partial charge is 0.261 e. The number of carbonyl (C=O) groups excluding carboxylic acids is 1. The summed E-state index contributed by atoms with van der Waals surface area (Å²) in [6.07, 6.45) is 3.00. The van der Waals surface area contributed by atoms with Crippen molar-refractivity contribution in [1.29, 1.82) is 0 Å². The van der Waals surface area contributed by atoms with E-state index in [1.54, 1.807) is 19.3 Å². The van der Waals surface area contributed by atoms with E-state index in [9.17, 15) is 13.2 Å². The highest BCUT2D eigenvalue weighted by Crippen LogP contribution is 2.28. The Balaban J connectivity index is 1.68. The van der Waals surface area contributed by atoms with Crippen LogP contribution >= 0.6 is 23.2 Å². The number of carbonyl (C=O) groups is 1. The Bertz CT molecular complexity index is 1230. The van der Waals surface area contributed by atoms with Crippen LogP contribution in [-0.4, -0.2) is 21.4 Å². The summed E-state index contributed by atoms with van der Waals surface area (Å²) in [5.74, 6) is 0.280. The van der Waals surface area contributed by atoms with E-state index in [2.05, 4.69) is 10.0 Å². The maximum Gasteiger partial charge on any atom is 0.261 e. The third-order valence-corrected chi connectivity index (χ3v) is 6.09. The van der Waals surface area contributed by atoms with E-state index in [4.69, 9.17) is 27.9 Å². The number of hydrogen-bond acceptors (Lipinski definition) is 4. The highest BCUT2D eigenvalue weighted by Gasteiger charge is 2.16. The first-order chi connectivity index (χ1) is 14.8. The molecular formula is C22H18Cl2N2O4S. The van der Waals surface area contributed by atoms with Gasteiger partial charge in [-0.3, -0.25) is 9.52 Å². The van der Waals surface area contributed by atoms with Crippen molar-refractivity contribution in [1.82, 2.24) is 0 Å². The fraction of sp³-hybridized carbons (Fsp3) is 0.0455. The Kier molecular flexibility index (Phi) is 7.22. The van der Waals surface area contributed by atoms with Crippen molar-refractivity contribution in [3.63, 3.8) is 0 Å². The van der Waals surface area contributed by atoms with Crippen LogP contribution in [0.25, 0.3) is 6.08 Å². The van der Waals surface area contributed by atoms with Crippen molar-refractivity contribution in [3.8, 4) is 5.75 Å². The van der Waals surface area contributed by atoms with Crippen molar-refractivity contribution >= 4 is 56.6 Å². The number of benzene rings is 3. The number of halogens is 2. The highest BCUT2D eigenvalue weighted by molar-refractivity contribution is 7.92. The molecule has 3 aromatic carbocycles. The van der Waals surface area contributed by atoms with Crippen LogP contribution in [0.1, 0.15) is 5.56 Å². The molecule has 0 saturated heterocycles. The first-order valence-corrected chi connectivity index (χ1v) is 11.2. The van der Waals surface area contributed by atoms with E-state index in [0.717, 1.165) is 5.56 Å². The number of amides is 1. The van der Waals surface area contributed by atoms with Gasteiger partial charge in [-0.2, -0.15) is 0 Å². The Morgan fingerprint density at radius 1 is 1.00 bits per heavy atom. The number of nitrogens with one attached hydrogen (secondary N) is 2. The molecule has 3 rings (SSSR count). The summed E-state index contributed by atoms with van der Waals surface area (Å²) >= 11 is 11.9. The second-order valence-electron chi connectivity index (χ2n) is 6.32. The molecule has 9 heteroatoms. The predicted molar refractivity (Wildman–Crippen MR) is 124 cm³/mol. The lowest BCUT2D eigenvalue weighted by molar-refractivity contribution is -0.111. The zero-order valence-corrected chi connectivity index (χ0v) is 18.6. The first-order valence-electron chi connectivity index (χ1n) is 8.98. The molecule has 2 N–H and O–H groups in total. The fourth-order valence-corrected chi connectivity index (χ4v) is 4.24. The van der Waals surface area contributed by atoms with Gasteiger partial charge in [0.1, 0.15) is 5.75 Å². The summed E-state index contributed by atoms with van der Waals surface area (Å²) in [6.45, 7) is 0. The molecule has 0 fully saturated rings. The second kappa shape index (κ2) is 9.87. The van der Waals surface area contributed by atoms with Gasteiger partial charge in [-0.1, -0.05) is 41.4 Å². The normalized spacial score (nSPS) is 11.3. The van der Waals surface area contributed by atoms with Crippen molar-refractivity contribution in [3.05, 3.63) is 88.4 Å². The van der Waals surface area contributed by atoms with Gasteiger partial charge in [-0.25, -0.2) is 8.42 Å². The fourth-order valence-electron chi connectivity index (χ4n) is 2.65. The minimum absolute atomic E-state index is 0.0149. The summed E-state index contributed by atoms with van der Waals surface area (Å²) in [5.41, 5.74) is 1.41. The van der Waals surface area contributed by atoms with Crippen LogP contribution < -0.4 is 14.8 Å². The van der Waals surface area contributed by atoms with Gasteiger partial charge in [0.25, 0.3) is 10.0 Å². The largest absolute Gasteiger partial charge is 0.496 e. The number of ether oxygens (including phenoxy) is 1. The van der Waals surface area contributed by atoms with E-state index >= 15 is 0 Å². The monoisotopic (exact) mass is 476 g/mol. The predicted octanol–water partition coefficient (Wildman–Crippen LogP) is 5.45. The van der Waals surface area contributed by atoms with E-state index in [1.165, 1.54) is 48.5 Å². The van der Waals surface area contributed by atoms with E-state index in [-0.39, 0.29) is 21.5 Å². The molecule has 0 aliphatic heterocycles. The van der Waals surface area contributed by atoms with Crippen LogP contribution in [0.4, 0.5) is 11.4 Å². The van der Waals surface area contributed by atoms with E-state index < -0.39 is 10.0 Å². The highest BCUT2D eigenvalue weighted by atomic mass is 35.5. The average molecular weight is 477 g/mol. The molecule has 0 saturated carbocycles. The van der Waals surface area contributed by atoms with Crippen molar-refractivity contribution in [2.24, 2.45) is 0 Å². The third-order valence-electron chi connectivity index (χ3n) is 4.16. The molecule has 160 valence electrons. The molecular weight excluding hydrogens is 459 g/mol. The first kappa shape index (κ1) is 22.7. The van der Waals surface area contributed by atoms with E-state index in [1.807, 2.05) is 18.2 Å². The quantitative estimate of drug-likeness (QED) is 0.443. The minimum Gasteiger partial charge on any atom is -0.496 e. The summed E-state index contributed by atoms with van der Waals surface area (Å²) in [5, 5.41) is 3.25. The number of anilines is 2. The van der Waals surface area contributed by atoms with Gasteiger partial charge in [0.15, 0.2) is 0 Å². The molecule has 0 bridgehead atoms. The number of sulfonamides is 1.